The summed E-state index contributed by atoms with van der Waals surface area (Å²) < 4.78 is 34.2. The second-order valence-corrected chi connectivity index (χ2v) is 7.84. The summed E-state index contributed by atoms with van der Waals surface area (Å²) in [6.45, 7) is 0.414. The number of nitrogens with zero attached hydrogens (tertiary/aromatic N) is 4. The van der Waals surface area contributed by atoms with E-state index in [1.54, 1.807) is 18.2 Å². The second kappa shape index (κ2) is 9.11. The molecule has 178 valence electrons. The maximum absolute atomic E-state index is 14.1. The minimum absolute atomic E-state index is 0.104. The number of anilines is 1. The zero-order valence-electron chi connectivity index (χ0n) is 17.8. The summed E-state index contributed by atoms with van der Waals surface area (Å²) in [5, 5.41) is 31.0. The van der Waals surface area contributed by atoms with E-state index in [0.29, 0.717) is 27.7 Å². The number of rotatable bonds is 7. The van der Waals surface area contributed by atoms with Gasteiger partial charge in [-0.15, -0.1) is 0 Å². The number of ether oxygens (including phenoxy) is 1. The lowest BCUT2D eigenvalue weighted by Crippen LogP contribution is -2.12. The molecule has 5 aromatic rings. The maximum Gasteiger partial charge on any atom is 0.326 e. The van der Waals surface area contributed by atoms with Crippen LogP contribution in [0.5, 0.6) is 23.5 Å². The number of halogens is 3. The van der Waals surface area contributed by atoms with Crippen LogP contribution in [-0.4, -0.2) is 41.5 Å². The highest BCUT2D eigenvalue weighted by molar-refractivity contribution is 6.33. The second-order valence-electron chi connectivity index (χ2n) is 7.44. The van der Waals surface area contributed by atoms with E-state index in [-0.39, 0.29) is 48.1 Å². The number of nitrogens with one attached hydrogen (secondary N) is 2. The Morgan fingerprint density at radius 1 is 1.03 bits per heavy atom. The topological polar surface area (TPSA) is 121 Å². The minimum atomic E-state index is -0.916. The molecule has 0 bridgehead atoms. The summed E-state index contributed by atoms with van der Waals surface area (Å²) >= 11 is 6.38. The van der Waals surface area contributed by atoms with Crippen molar-refractivity contribution in [3.63, 3.8) is 0 Å². The number of hydrogen-bond donors (Lipinski definition) is 4. The first-order valence-corrected chi connectivity index (χ1v) is 10.7. The van der Waals surface area contributed by atoms with E-state index in [4.69, 9.17) is 16.3 Å². The first-order valence-electron chi connectivity index (χ1n) is 10.4. The monoisotopic (exact) mass is 498 g/mol. The SMILES string of the molecule is Oc1ccc(O)n1CCNc1nc(Oc2ccc(F)cc2F)nc2n[nH]c(-c3ccccc3Cl)c12. The van der Waals surface area contributed by atoms with Crippen molar-refractivity contribution in [1.82, 2.24) is 24.7 Å². The number of benzene rings is 2. The molecule has 9 nitrogen and oxygen atoms in total. The van der Waals surface area contributed by atoms with Gasteiger partial charge in [0.1, 0.15) is 11.6 Å². The van der Waals surface area contributed by atoms with Crippen LogP contribution in [0.3, 0.4) is 0 Å². The van der Waals surface area contributed by atoms with Gasteiger partial charge < -0.3 is 20.3 Å². The third kappa shape index (κ3) is 4.41. The van der Waals surface area contributed by atoms with Crippen molar-refractivity contribution < 1.29 is 23.7 Å². The summed E-state index contributed by atoms with van der Waals surface area (Å²) in [6.07, 6.45) is 0. The highest BCUT2D eigenvalue weighted by Gasteiger charge is 2.20. The third-order valence-electron chi connectivity index (χ3n) is 5.19. The fraction of sp³-hybridized carbons (Fsp3) is 0.0870. The molecule has 0 unspecified atom stereocenters. The van der Waals surface area contributed by atoms with Crippen molar-refractivity contribution in [2.75, 3.05) is 11.9 Å². The van der Waals surface area contributed by atoms with Crippen molar-refractivity contribution in [2.45, 2.75) is 6.54 Å². The Kier molecular flexibility index (Phi) is 5.83. The molecule has 0 aliphatic carbocycles. The Balaban J connectivity index is 1.54. The van der Waals surface area contributed by atoms with Gasteiger partial charge in [0.15, 0.2) is 29.0 Å². The summed E-state index contributed by atoms with van der Waals surface area (Å²) in [4.78, 5) is 8.62. The van der Waals surface area contributed by atoms with E-state index in [9.17, 15) is 19.0 Å². The highest BCUT2D eigenvalue weighted by atomic mass is 35.5. The number of aromatic amines is 1. The minimum Gasteiger partial charge on any atom is -0.494 e. The Morgan fingerprint density at radius 2 is 1.80 bits per heavy atom. The Morgan fingerprint density at radius 3 is 2.54 bits per heavy atom. The largest absolute Gasteiger partial charge is 0.494 e. The zero-order chi connectivity index (χ0) is 24.5. The Labute approximate surface area is 201 Å². The van der Waals surface area contributed by atoms with Gasteiger partial charge in [-0.25, -0.2) is 8.78 Å². The van der Waals surface area contributed by atoms with E-state index in [0.717, 1.165) is 12.1 Å². The van der Waals surface area contributed by atoms with E-state index < -0.39 is 11.6 Å². The fourth-order valence-electron chi connectivity index (χ4n) is 3.56. The lowest BCUT2D eigenvalue weighted by Gasteiger charge is -2.12. The van der Waals surface area contributed by atoms with Gasteiger partial charge in [-0.1, -0.05) is 29.8 Å². The predicted octanol–water partition coefficient (Wildman–Crippen LogP) is 5.07. The van der Waals surface area contributed by atoms with Crippen LogP contribution >= 0.6 is 11.6 Å². The molecular formula is C23H17ClF2N6O3. The first kappa shape index (κ1) is 22.4. The summed E-state index contributed by atoms with van der Waals surface area (Å²) in [5.41, 5.74) is 1.41. The van der Waals surface area contributed by atoms with Crippen LogP contribution in [0.15, 0.2) is 54.6 Å². The Bertz CT molecular complexity index is 1520. The van der Waals surface area contributed by atoms with E-state index >= 15 is 0 Å². The molecule has 0 saturated carbocycles. The summed E-state index contributed by atoms with van der Waals surface area (Å²) in [6, 6.07) is 12.5. The van der Waals surface area contributed by atoms with Crippen molar-refractivity contribution in [3.05, 3.63) is 71.3 Å². The van der Waals surface area contributed by atoms with E-state index in [1.165, 1.54) is 16.7 Å². The van der Waals surface area contributed by atoms with E-state index in [2.05, 4.69) is 25.5 Å². The lowest BCUT2D eigenvalue weighted by molar-refractivity contribution is 0.371. The van der Waals surface area contributed by atoms with Crippen LogP contribution in [0.2, 0.25) is 5.02 Å². The molecule has 0 spiro atoms. The molecule has 3 aromatic heterocycles. The van der Waals surface area contributed by atoms with Crippen molar-refractivity contribution in [1.29, 1.82) is 0 Å². The molecule has 2 aromatic carbocycles. The Hall–Kier alpha value is -4.38. The van der Waals surface area contributed by atoms with Crippen LogP contribution < -0.4 is 10.1 Å². The van der Waals surface area contributed by atoms with Gasteiger partial charge in [0, 0.05) is 41.9 Å². The number of aromatic nitrogens is 5. The average molecular weight is 499 g/mol. The van der Waals surface area contributed by atoms with Crippen molar-refractivity contribution in [2.24, 2.45) is 0 Å². The standard InChI is InChI=1S/C23H17ClF2N6O3/c24-14-4-2-1-3-13(14)20-19-21(27-9-10-32-17(33)7-8-18(32)34)28-23(29-22(19)31-30-20)35-16-6-5-12(25)11-15(16)26/h1-8,11,33-34H,9-10H2,(H2,27,28,29,30,31). The van der Waals surface area contributed by atoms with Gasteiger partial charge >= 0.3 is 6.01 Å². The first-order chi connectivity index (χ1) is 16.9. The molecule has 0 aliphatic heterocycles. The molecule has 4 N–H and O–H groups in total. The van der Waals surface area contributed by atoms with Crippen LogP contribution in [0.25, 0.3) is 22.3 Å². The summed E-state index contributed by atoms with van der Waals surface area (Å²) in [7, 11) is 0. The molecule has 0 radical (unpaired) electrons. The van der Waals surface area contributed by atoms with Crippen molar-refractivity contribution in [3.8, 4) is 34.8 Å². The van der Waals surface area contributed by atoms with Crippen molar-refractivity contribution >= 4 is 28.5 Å². The molecule has 12 heteroatoms. The van der Waals surface area contributed by atoms with Gasteiger partial charge in [0.2, 0.25) is 0 Å². The normalized spacial score (nSPS) is 11.2. The van der Waals surface area contributed by atoms with E-state index in [1.807, 2.05) is 6.07 Å². The highest BCUT2D eigenvalue weighted by Crippen LogP contribution is 2.36. The van der Waals surface area contributed by atoms with Gasteiger partial charge in [-0.05, 0) is 18.2 Å². The quantitative estimate of drug-likeness (QED) is 0.247. The molecular weight excluding hydrogens is 482 g/mol. The number of hydrogen-bond acceptors (Lipinski definition) is 7. The number of H-pyrrole nitrogens is 1. The third-order valence-corrected chi connectivity index (χ3v) is 5.52. The van der Waals surface area contributed by atoms with Crippen LogP contribution in [0, 0.1) is 11.6 Å². The molecule has 0 atom stereocenters. The average Bonchev–Trinajstić information content (AvgIpc) is 3.39. The predicted molar refractivity (Wildman–Crippen MR) is 125 cm³/mol. The molecule has 35 heavy (non-hydrogen) atoms. The van der Waals surface area contributed by atoms with Gasteiger partial charge in [0.25, 0.3) is 0 Å². The molecule has 3 heterocycles. The molecule has 0 saturated heterocycles. The van der Waals surface area contributed by atoms with Gasteiger partial charge in [-0.2, -0.15) is 15.1 Å². The zero-order valence-corrected chi connectivity index (χ0v) is 18.6. The maximum atomic E-state index is 14.1. The van der Waals surface area contributed by atoms with Gasteiger partial charge in [-0.3, -0.25) is 9.67 Å². The fourth-order valence-corrected chi connectivity index (χ4v) is 3.79. The molecule has 0 amide bonds. The van der Waals surface area contributed by atoms with Crippen LogP contribution in [0.1, 0.15) is 0 Å². The number of aromatic hydroxyl groups is 2. The number of fused-ring (bicyclic) bond motifs is 1. The molecule has 0 fully saturated rings. The van der Waals surface area contributed by atoms with Crippen LogP contribution in [-0.2, 0) is 6.54 Å². The molecule has 5 rings (SSSR count). The van der Waals surface area contributed by atoms with Crippen LogP contribution in [0.4, 0.5) is 14.6 Å². The summed E-state index contributed by atoms with van der Waals surface area (Å²) in [5.74, 6) is -1.86. The van der Waals surface area contributed by atoms with Gasteiger partial charge in [0.05, 0.1) is 11.1 Å². The lowest BCUT2D eigenvalue weighted by atomic mass is 10.1. The smallest absolute Gasteiger partial charge is 0.326 e. The molecule has 0 aliphatic rings.